The van der Waals surface area contributed by atoms with Crippen LogP contribution < -0.4 is 0 Å². The summed E-state index contributed by atoms with van der Waals surface area (Å²) in [5, 5.41) is 0. The van der Waals surface area contributed by atoms with E-state index in [1.54, 1.807) is 39.3 Å². The van der Waals surface area contributed by atoms with Gasteiger partial charge in [0.15, 0.2) is 0 Å². The molecule has 0 heterocycles. The van der Waals surface area contributed by atoms with Crippen LogP contribution in [0, 0.1) is 0 Å². The number of hydrogen-bond acceptors (Lipinski definition) is 11. The Balaban J connectivity index is -0.000000422. The van der Waals surface area contributed by atoms with Crippen LogP contribution in [0.2, 0.25) is 39.3 Å². The maximum atomic E-state index is 12.2. The fourth-order valence-electron chi connectivity index (χ4n) is 1.48. The zero-order chi connectivity index (χ0) is 29.5. The Morgan fingerprint density at radius 1 is 0.417 bits per heavy atom. The molecule has 206 valence electrons. The summed E-state index contributed by atoms with van der Waals surface area (Å²) in [6, 6.07) is 0. The highest BCUT2D eigenvalue weighted by Crippen LogP contribution is 2.02. The van der Waals surface area contributed by atoms with Gasteiger partial charge in [-0.1, -0.05) is 68.6 Å². The zero-order valence-corrected chi connectivity index (χ0v) is 34.5. The van der Waals surface area contributed by atoms with E-state index < -0.39 is 93.8 Å². The van der Waals surface area contributed by atoms with Gasteiger partial charge in [-0.05, 0) is 19.6 Å². The Labute approximate surface area is 229 Å². The molecular formula is C13H40O11Si12. The lowest BCUT2D eigenvalue weighted by Gasteiger charge is -2.16. The summed E-state index contributed by atoms with van der Waals surface area (Å²) in [4.78, 5) is 0. The first kappa shape index (κ1) is 46.3. The van der Waals surface area contributed by atoms with E-state index in [4.69, 9.17) is 4.12 Å². The second-order valence-electron chi connectivity index (χ2n) is 7.71. The summed E-state index contributed by atoms with van der Waals surface area (Å²) in [7, 11) is -40.1. The molecule has 0 N–H and O–H groups in total. The van der Waals surface area contributed by atoms with Crippen molar-refractivity contribution in [1.82, 2.24) is 0 Å². The van der Waals surface area contributed by atoms with Crippen LogP contribution in [0.4, 0.5) is 0 Å². The lowest BCUT2D eigenvalue weighted by atomic mass is 11.0. The molecule has 0 saturated carbocycles. The minimum atomic E-state index is -3.81. The summed E-state index contributed by atoms with van der Waals surface area (Å²) < 4.78 is 127. The summed E-state index contributed by atoms with van der Waals surface area (Å²) in [5.74, 6) is 0. The highest BCUT2D eigenvalue weighted by atomic mass is 30.1. The van der Waals surface area contributed by atoms with E-state index in [0.717, 1.165) is 0 Å². The molecule has 0 aliphatic rings. The van der Waals surface area contributed by atoms with Gasteiger partial charge in [-0.2, -0.15) is 0 Å². The van der Waals surface area contributed by atoms with Crippen molar-refractivity contribution >= 4 is 93.8 Å². The van der Waals surface area contributed by atoms with Crippen LogP contribution in [0.5, 0.6) is 0 Å². The van der Waals surface area contributed by atoms with Crippen LogP contribution in [0.3, 0.4) is 0 Å². The molecule has 0 rings (SSSR count). The topological polar surface area (TPSA) is 180 Å². The molecular weight excluding hydrogens is 669 g/mol. The molecule has 0 saturated heterocycles. The monoisotopic (exact) mass is 708 g/mol. The zero-order valence-electron chi connectivity index (χ0n) is 22.5. The predicted octanol–water partition coefficient (Wildman–Crippen LogP) is 1.39. The van der Waals surface area contributed by atoms with E-state index in [2.05, 4.69) is 0 Å². The van der Waals surface area contributed by atoms with Gasteiger partial charge in [-0.25, -0.2) is 0 Å². The van der Waals surface area contributed by atoms with E-state index in [1.165, 1.54) is 0 Å². The molecule has 0 aromatic heterocycles. The highest BCUT2D eigenvalue weighted by molar-refractivity contribution is 7.78. The van der Waals surface area contributed by atoms with Gasteiger partial charge in [0.1, 0.15) is 7.59 Å². The Morgan fingerprint density at radius 2 is 0.639 bits per heavy atom. The van der Waals surface area contributed by atoms with Gasteiger partial charge in [0.05, 0.1) is 0 Å². The highest BCUT2D eigenvalue weighted by Gasteiger charge is 2.53. The lowest BCUT2D eigenvalue weighted by molar-refractivity contribution is 0.462. The predicted molar refractivity (Wildman–Crippen MR) is 153 cm³/mol. The molecule has 11 nitrogen and oxygen atoms in total. The van der Waals surface area contributed by atoms with Crippen molar-refractivity contribution in [2.45, 2.75) is 88.3 Å². The normalized spacial score (nSPS) is 9.44. The Morgan fingerprint density at radius 3 is 0.861 bits per heavy atom. The van der Waals surface area contributed by atoms with Crippen molar-refractivity contribution in [3.8, 4) is 0 Å². The summed E-state index contributed by atoms with van der Waals surface area (Å²) in [5.41, 5.74) is 0. The molecule has 36 heavy (non-hydrogen) atoms. The molecule has 0 bridgehead atoms. The second-order valence-corrected chi connectivity index (χ2v) is 67.5. The van der Waals surface area contributed by atoms with Gasteiger partial charge in [0, 0.05) is 0 Å². The quantitative estimate of drug-likeness (QED) is 0.267. The van der Waals surface area contributed by atoms with Crippen molar-refractivity contribution < 1.29 is 48.7 Å². The Hall–Kier alpha value is 0.403. The van der Waals surface area contributed by atoms with Crippen LogP contribution in [-0.4, -0.2) is 93.8 Å². The molecule has 0 fully saturated rings. The third kappa shape index (κ3) is 17.1. The molecule has 0 atom stereocenters. The molecule has 23 heteroatoms. The molecule has 0 aromatic carbocycles. The maximum absolute atomic E-state index is 12.2. The van der Waals surface area contributed by atoms with Crippen molar-refractivity contribution in [2.75, 3.05) is 0 Å². The van der Waals surface area contributed by atoms with Crippen LogP contribution >= 0.6 is 0 Å². The fourth-order valence-corrected chi connectivity index (χ4v) is 118. The smallest absolute Gasteiger partial charge is 0.532 e. The summed E-state index contributed by atoms with van der Waals surface area (Å²) in [6.45, 7) is 21.7. The van der Waals surface area contributed by atoms with Crippen LogP contribution in [0.25, 0.3) is 0 Å². The van der Waals surface area contributed by atoms with E-state index in [0.29, 0.717) is 0 Å². The first-order valence-corrected chi connectivity index (χ1v) is 41.8. The minimum absolute atomic E-state index is 0. The van der Waals surface area contributed by atoms with Gasteiger partial charge in [0.2, 0.25) is 8.32 Å². The average molecular weight is 709 g/mol. The largest absolute Gasteiger partial charge is 0.578 e. The second kappa shape index (κ2) is 22.2. The van der Waals surface area contributed by atoms with Gasteiger partial charge in [0.25, 0.3) is 0 Å². The average Bonchev–Trinajstić information content (AvgIpc) is 2.81. The number of rotatable bonds is 12. The minimum Gasteiger partial charge on any atom is -0.578 e. The molecule has 0 amide bonds. The first-order chi connectivity index (χ1) is 15.8. The SMILES string of the molecule is C.CC.CC.CC.C[Si](C)(C)O[Si](=O)[Si](=O)[Si](=O)[Si](=O)[Si](=O)[Si](=O)[Si](=O)[Si](=O)[Si](=O)[Si](=O)[Si](C)(C)C. The summed E-state index contributed by atoms with van der Waals surface area (Å²) >= 11 is 0. The van der Waals surface area contributed by atoms with Crippen LogP contribution in [0.1, 0.15) is 49.0 Å². The third-order valence-electron chi connectivity index (χ3n) is 2.92. The standard InChI is InChI=1S/C6H18O11Si12.3C2H6.CH4/c1-28(2,3)17-18(7)19(8)20(9)21(10)22(11)23(12)24(13)25(14)26(15)27(16)29(4,5)6;3*1-2;/h1-6H3;3*1-2H3;1H4. The van der Waals surface area contributed by atoms with E-state index in [1.807, 2.05) is 41.5 Å². The lowest BCUT2D eigenvalue weighted by Crippen LogP contribution is -2.56. The molecule has 0 aliphatic heterocycles. The van der Waals surface area contributed by atoms with Crippen molar-refractivity contribution in [3.05, 3.63) is 0 Å². The Kier molecular flexibility index (Phi) is 28.6. The van der Waals surface area contributed by atoms with Gasteiger partial charge >= 0.3 is 77.9 Å². The molecule has 0 aromatic rings. The van der Waals surface area contributed by atoms with E-state index >= 15 is 0 Å². The molecule has 0 radical (unpaired) electrons. The third-order valence-corrected chi connectivity index (χ3v) is 86.4. The maximum Gasteiger partial charge on any atom is 0.532 e. The van der Waals surface area contributed by atoms with Crippen LogP contribution in [-0.2, 0) is 48.7 Å². The first-order valence-electron chi connectivity index (χ1n) is 10.9. The van der Waals surface area contributed by atoms with E-state index in [9.17, 15) is 44.6 Å². The van der Waals surface area contributed by atoms with Gasteiger partial charge in [-0.15, -0.1) is 0 Å². The van der Waals surface area contributed by atoms with Gasteiger partial charge in [-0.3, -0.25) is 0 Å². The van der Waals surface area contributed by atoms with Gasteiger partial charge < -0.3 is 48.7 Å². The van der Waals surface area contributed by atoms with E-state index in [-0.39, 0.29) is 7.43 Å². The van der Waals surface area contributed by atoms with Crippen molar-refractivity contribution in [2.24, 2.45) is 0 Å². The molecule has 0 unspecified atom stereocenters. The molecule has 0 spiro atoms. The number of hydrogen-bond donors (Lipinski definition) is 0. The van der Waals surface area contributed by atoms with Crippen LogP contribution in [0.15, 0.2) is 0 Å². The molecule has 0 aliphatic carbocycles. The fraction of sp³-hybridized carbons (Fsp3) is 1.00. The van der Waals surface area contributed by atoms with Crippen molar-refractivity contribution in [1.29, 1.82) is 0 Å². The Bertz CT molecular complexity index is 902. The van der Waals surface area contributed by atoms with Crippen molar-refractivity contribution in [3.63, 3.8) is 0 Å². The summed E-state index contributed by atoms with van der Waals surface area (Å²) in [6.07, 6.45) is 0.